The number of hydrogen-bond acceptors (Lipinski definition) is 4. The molecule has 5 nitrogen and oxygen atoms in total. The fraction of sp³-hybridized carbons (Fsp3) is 0.0952. The number of hydrogen-bond donors (Lipinski definition) is 3. The molecule has 0 amide bonds. The van der Waals surface area contributed by atoms with Crippen molar-refractivity contribution in [2.45, 2.75) is 9.79 Å². The molecule has 0 fully saturated rings. The molecule has 3 aromatic carbocycles. The van der Waals surface area contributed by atoms with Crippen molar-refractivity contribution in [3.05, 3.63) is 83.9 Å². The van der Waals surface area contributed by atoms with Crippen molar-refractivity contribution in [2.75, 3.05) is 22.3 Å². The van der Waals surface area contributed by atoms with E-state index in [-0.39, 0.29) is 4.90 Å². The van der Waals surface area contributed by atoms with E-state index in [1.165, 1.54) is 17.0 Å². The van der Waals surface area contributed by atoms with Crippen LogP contribution in [-0.2, 0) is 10.0 Å². The van der Waals surface area contributed by atoms with Crippen LogP contribution < -0.4 is 15.4 Å². The summed E-state index contributed by atoms with van der Waals surface area (Å²) < 4.78 is 27.9. The van der Waals surface area contributed by atoms with Gasteiger partial charge in [-0.1, -0.05) is 48.0 Å². The predicted molar refractivity (Wildman–Crippen MR) is 130 cm³/mol. The molecule has 0 bridgehead atoms. The SMILES string of the molecule is O=S(=O)(Nc1ccccc1Cl)c1cccc(NC(=S)NCCSc2ccccc2)c1. The first kappa shape index (κ1) is 22.4. The number of benzene rings is 3. The summed E-state index contributed by atoms with van der Waals surface area (Å²) in [7, 11) is -3.79. The van der Waals surface area contributed by atoms with Crippen LogP contribution in [0.15, 0.2) is 88.7 Å². The summed E-state index contributed by atoms with van der Waals surface area (Å²) in [5.74, 6) is 0.849. The topological polar surface area (TPSA) is 70.2 Å². The first-order valence-corrected chi connectivity index (χ1v) is 12.3. The van der Waals surface area contributed by atoms with Gasteiger partial charge in [0.1, 0.15) is 0 Å². The summed E-state index contributed by atoms with van der Waals surface area (Å²) in [4.78, 5) is 1.30. The molecule has 0 saturated heterocycles. The second kappa shape index (κ2) is 10.7. The first-order valence-electron chi connectivity index (χ1n) is 9.04. The van der Waals surface area contributed by atoms with Crippen molar-refractivity contribution >= 4 is 62.1 Å². The number of rotatable bonds is 8. The molecule has 3 aromatic rings. The summed E-state index contributed by atoms with van der Waals surface area (Å²) >= 11 is 13.1. The third-order valence-corrected chi connectivity index (χ3v) is 6.87. The van der Waals surface area contributed by atoms with Crippen LogP contribution in [0.5, 0.6) is 0 Å². The van der Waals surface area contributed by atoms with Gasteiger partial charge in [0.25, 0.3) is 10.0 Å². The molecule has 0 spiro atoms. The Balaban J connectivity index is 1.55. The molecule has 0 heterocycles. The third-order valence-electron chi connectivity index (χ3n) is 3.92. The summed E-state index contributed by atoms with van der Waals surface area (Å²) in [6, 6.07) is 23.2. The van der Waals surface area contributed by atoms with Gasteiger partial charge in [0.15, 0.2) is 5.11 Å². The van der Waals surface area contributed by atoms with Crippen LogP contribution >= 0.6 is 35.6 Å². The molecule has 3 rings (SSSR count). The average Bonchev–Trinajstić information content (AvgIpc) is 2.74. The number of thiocarbonyl (C=S) groups is 1. The van der Waals surface area contributed by atoms with Crippen LogP contribution in [0.25, 0.3) is 0 Å². The average molecular weight is 478 g/mol. The fourth-order valence-corrected chi connectivity index (χ4v) is 4.89. The number of nitrogens with one attached hydrogen (secondary N) is 3. The third kappa shape index (κ3) is 6.63. The second-order valence-electron chi connectivity index (χ2n) is 6.16. The van der Waals surface area contributed by atoms with E-state index in [0.29, 0.717) is 28.1 Å². The largest absolute Gasteiger partial charge is 0.362 e. The maximum absolute atomic E-state index is 12.7. The van der Waals surface area contributed by atoms with E-state index in [4.69, 9.17) is 23.8 Å². The van der Waals surface area contributed by atoms with E-state index in [1.54, 1.807) is 48.2 Å². The Hall–Kier alpha value is -2.26. The molecular formula is C21H20ClN3O2S3. The smallest absolute Gasteiger partial charge is 0.262 e. The predicted octanol–water partition coefficient (Wildman–Crippen LogP) is 5.22. The second-order valence-corrected chi connectivity index (χ2v) is 9.82. The van der Waals surface area contributed by atoms with Crippen LogP contribution in [0, 0.1) is 0 Å². The highest BCUT2D eigenvalue weighted by Gasteiger charge is 2.16. The molecule has 0 aliphatic heterocycles. The molecule has 0 radical (unpaired) electrons. The Labute approximate surface area is 191 Å². The summed E-state index contributed by atoms with van der Waals surface area (Å²) in [5.41, 5.74) is 0.899. The van der Waals surface area contributed by atoms with Crippen molar-refractivity contribution in [2.24, 2.45) is 0 Å². The zero-order valence-corrected chi connectivity index (χ0v) is 19.0. The number of para-hydroxylation sites is 1. The van der Waals surface area contributed by atoms with Gasteiger partial charge in [0.2, 0.25) is 0 Å². The van der Waals surface area contributed by atoms with Gasteiger partial charge in [-0.2, -0.15) is 0 Å². The maximum atomic E-state index is 12.7. The lowest BCUT2D eigenvalue weighted by molar-refractivity contribution is 0.601. The van der Waals surface area contributed by atoms with E-state index in [9.17, 15) is 8.42 Å². The zero-order valence-electron chi connectivity index (χ0n) is 15.8. The van der Waals surface area contributed by atoms with Crippen LogP contribution in [-0.4, -0.2) is 25.8 Å². The molecule has 0 aliphatic carbocycles. The molecule has 0 aliphatic rings. The van der Waals surface area contributed by atoms with Gasteiger partial charge in [-0.15, -0.1) is 11.8 Å². The van der Waals surface area contributed by atoms with E-state index < -0.39 is 10.0 Å². The van der Waals surface area contributed by atoms with E-state index in [1.807, 2.05) is 18.2 Å². The van der Waals surface area contributed by atoms with Gasteiger partial charge in [-0.25, -0.2) is 8.42 Å². The first-order chi connectivity index (χ1) is 14.4. The molecule has 0 atom stereocenters. The van der Waals surface area contributed by atoms with Crippen LogP contribution in [0.4, 0.5) is 11.4 Å². The molecule has 0 saturated carbocycles. The normalized spacial score (nSPS) is 11.0. The molecule has 9 heteroatoms. The van der Waals surface area contributed by atoms with Crippen molar-refractivity contribution < 1.29 is 8.42 Å². The van der Waals surface area contributed by atoms with Crippen molar-refractivity contribution in [1.82, 2.24) is 5.32 Å². The Morgan fingerprint density at radius 2 is 1.70 bits per heavy atom. The van der Waals surface area contributed by atoms with Crippen molar-refractivity contribution in [3.63, 3.8) is 0 Å². The summed E-state index contributed by atoms with van der Waals surface area (Å²) in [5, 5.41) is 6.90. The quantitative estimate of drug-likeness (QED) is 0.235. The standard InChI is InChI=1S/C21H20ClN3O2S3/c22-19-11-4-5-12-20(19)25-30(26,27)18-10-6-7-16(15-18)24-21(28)23-13-14-29-17-8-2-1-3-9-17/h1-12,15,25H,13-14H2,(H2,23,24,28). The minimum Gasteiger partial charge on any atom is -0.362 e. The summed E-state index contributed by atoms with van der Waals surface area (Å²) in [6.45, 7) is 0.678. The van der Waals surface area contributed by atoms with Gasteiger partial charge in [0.05, 0.1) is 15.6 Å². The zero-order chi connectivity index (χ0) is 21.4. The Kier molecular flexibility index (Phi) is 7.98. The molecule has 3 N–H and O–H groups in total. The molecular weight excluding hydrogens is 458 g/mol. The van der Waals surface area contributed by atoms with Gasteiger partial charge >= 0.3 is 0 Å². The monoisotopic (exact) mass is 477 g/mol. The van der Waals surface area contributed by atoms with Crippen LogP contribution in [0.1, 0.15) is 0 Å². The van der Waals surface area contributed by atoms with Crippen molar-refractivity contribution in [3.8, 4) is 0 Å². The number of anilines is 2. The van der Waals surface area contributed by atoms with Crippen molar-refractivity contribution in [1.29, 1.82) is 0 Å². The lowest BCUT2D eigenvalue weighted by atomic mass is 10.3. The van der Waals surface area contributed by atoms with E-state index in [0.717, 1.165) is 5.75 Å². The minimum atomic E-state index is -3.79. The lowest BCUT2D eigenvalue weighted by Gasteiger charge is -2.13. The van der Waals surface area contributed by atoms with Gasteiger partial charge < -0.3 is 10.6 Å². The number of thioether (sulfide) groups is 1. The highest BCUT2D eigenvalue weighted by Crippen LogP contribution is 2.25. The maximum Gasteiger partial charge on any atom is 0.262 e. The Bertz CT molecular complexity index is 1110. The van der Waals surface area contributed by atoms with Gasteiger partial charge in [-0.05, 0) is 54.7 Å². The molecule has 0 unspecified atom stereocenters. The molecule has 0 aromatic heterocycles. The van der Waals surface area contributed by atoms with E-state index in [2.05, 4.69) is 27.5 Å². The highest BCUT2D eigenvalue weighted by atomic mass is 35.5. The number of halogens is 1. The summed E-state index contributed by atoms with van der Waals surface area (Å²) in [6.07, 6.45) is 0. The fourth-order valence-electron chi connectivity index (χ4n) is 2.51. The van der Waals surface area contributed by atoms with Gasteiger partial charge in [0, 0.05) is 22.9 Å². The van der Waals surface area contributed by atoms with Gasteiger partial charge in [-0.3, -0.25) is 4.72 Å². The molecule has 30 heavy (non-hydrogen) atoms. The van der Waals surface area contributed by atoms with E-state index >= 15 is 0 Å². The Morgan fingerprint density at radius 3 is 2.47 bits per heavy atom. The molecule has 156 valence electrons. The Morgan fingerprint density at radius 1 is 0.967 bits per heavy atom. The van der Waals surface area contributed by atoms with Crippen LogP contribution in [0.3, 0.4) is 0 Å². The minimum absolute atomic E-state index is 0.106. The van der Waals surface area contributed by atoms with Crippen LogP contribution in [0.2, 0.25) is 5.02 Å². The lowest BCUT2D eigenvalue weighted by Crippen LogP contribution is -2.30. The number of sulfonamides is 1. The highest BCUT2D eigenvalue weighted by molar-refractivity contribution is 7.99.